The first-order chi connectivity index (χ1) is 25.6. The van der Waals surface area contributed by atoms with Crippen molar-refractivity contribution < 1.29 is 33.8 Å². The molecule has 2 heterocycles. The smallest absolute Gasteiger partial charge is 0.260 e. The molecule has 0 radical (unpaired) electrons. The van der Waals surface area contributed by atoms with Crippen molar-refractivity contribution >= 4 is 41.1 Å². The highest BCUT2D eigenvalue weighted by molar-refractivity contribution is 6.22. The van der Waals surface area contributed by atoms with Crippen molar-refractivity contribution in [3.63, 3.8) is 0 Å². The van der Waals surface area contributed by atoms with Gasteiger partial charge in [0, 0.05) is 23.6 Å². The van der Waals surface area contributed by atoms with Crippen LogP contribution < -0.4 is 19.8 Å². The van der Waals surface area contributed by atoms with Crippen LogP contribution in [0.1, 0.15) is 41.0 Å². The molecular weight excluding hydrogens is 670 g/mol. The monoisotopic (exact) mass is 709 g/mol. The van der Waals surface area contributed by atoms with Gasteiger partial charge in [0.25, 0.3) is 11.8 Å². The van der Waals surface area contributed by atoms with E-state index in [1.54, 1.807) is 48.5 Å². The zero-order valence-corrected chi connectivity index (χ0v) is 29.6. The summed E-state index contributed by atoms with van der Waals surface area (Å²) in [5.41, 5.74) is 5.98. The lowest BCUT2D eigenvalue weighted by Gasteiger charge is -2.50. The maximum Gasteiger partial charge on any atom is 0.260 e. The molecule has 0 bridgehead atoms. The molecule has 4 aliphatic rings. The highest BCUT2D eigenvalue weighted by Gasteiger charge is 2.71. The Bertz CT molecular complexity index is 2200. The second kappa shape index (κ2) is 12.8. The van der Waals surface area contributed by atoms with Crippen LogP contribution in [0, 0.1) is 30.6 Å². The Morgan fingerprint density at radius 3 is 2.25 bits per heavy atom. The molecule has 10 heteroatoms. The van der Waals surface area contributed by atoms with Gasteiger partial charge >= 0.3 is 0 Å². The predicted molar refractivity (Wildman–Crippen MR) is 199 cm³/mol. The minimum Gasteiger partial charge on any atom is -0.507 e. The van der Waals surface area contributed by atoms with Crippen LogP contribution in [-0.4, -0.2) is 48.0 Å². The number of benzene rings is 4. The molecule has 0 spiro atoms. The van der Waals surface area contributed by atoms with Gasteiger partial charge in [0.1, 0.15) is 17.2 Å². The van der Waals surface area contributed by atoms with E-state index in [9.17, 15) is 19.5 Å². The fourth-order valence-electron chi connectivity index (χ4n) is 9.24. The minimum absolute atomic E-state index is 0.122. The normalized spacial score (nSPS) is 26.1. The number of hydrogen-bond acceptors (Lipinski definition) is 8. The molecule has 2 N–H and O–H groups in total. The predicted octanol–water partition coefficient (Wildman–Crippen LogP) is 6.55. The lowest BCUT2D eigenvalue weighted by atomic mass is 9.49. The second-order valence-electron chi connectivity index (χ2n) is 14.2. The van der Waals surface area contributed by atoms with Gasteiger partial charge in [-0.2, -0.15) is 5.01 Å². The SMILES string of the molecule is C=Cc1ccc(N2C(=O)C3CC=C4C(CC5C(=O)N(Nc6ccc(C)cc6)C(=O)C5(c5ccccc5)C4c4c(O)cc(OC)cc4OC)C3C2=O)cc1. The topological polar surface area (TPSA) is 125 Å². The number of aryl methyl sites for hydroxylation is 1. The number of carbonyl (C=O) groups excluding carboxylic acids is 4. The maximum absolute atomic E-state index is 15.4. The van der Waals surface area contributed by atoms with Crippen molar-refractivity contribution in [3.8, 4) is 17.2 Å². The minimum atomic E-state index is -1.57. The van der Waals surface area contributed by atoms with Crippen LogP contribution in [0.15, 0.2) is 109 Å². The number of hydrazine groups is 1. The number of rotatable bonds is 8. The summed E-state index contributed by atoms with van der Waals surface area (Å²) in [6, 6.07) is 26.7. The molecule has 6 unspecified atom stereocenters. The molecule has 2 saturated heterocycles. The first-order valence-corrected chi connectivity index (χ1v) is 17.7. The first-order valence-electron chi connectivity index (χ1n) is 17.7. The number of fused-ring (bicyclic) bond motifs is 4. The van der Waals surface area contributed by atoms with Gasteiger partial charge in [-0.15, -0.1) is 0 Å². The summed E-state index contributed by atoms with van der Waals surface area (Å²) in [6.45, 7) is 5.75. The van der Waals surface area contributed by atoms with Crippen LogP contribution >= 0.6 is 0 Å². The molecule has 2 aliphatic heterocycles. The standard InChI is InChI=1S/C43H39N3O7/c1-5-25-13-17-28(18-14-25)45-39(48)31-20-19-30-32(36(31)41(45)50)23-33-40(49)46(44-27-15-11-24(2)12-16-27)42(51)43(33,26-9-7-6-8-10-26)38(30)37-34(47)21-29(52-3)22-35(37)53-4/h5-19,21-22,31-33,36,38,44,47H,1,20,23H2,2-4H3. The van der Waals surface area contributed by atoms with Crippen LogP contribution in [0.5, 0.6) is 17.2 Å². The van der Waals surface area contributed by atoms with E-state index in [-0.39, 0.29) is 36.2 Å². The quantitative estimate of drug-likeness (QED) is 0.156. The number of aromatic hydroxyl groups is 1. The fourth-order valence-corrected chi connectivity index (χ4v) is 9.24. The molecule has 2 aliphatic carbocycles. The number of allylic oxidation sites excluding steroid dienone is 2. The molecule has 4 aromatic rings. The molecule has 268 valence electrons. The van der Waals surface area contributed by atoms with E-state index in [0.717, 1.165) is 16.1 Å². The Kier molecular flexibility index (Phi) is 8.20. The summed E-state index contributed by atoms with van der Waals surface area (Å²) in [7, 11) is 2.94. The molecule has 53 heavy (non-hydrogen) atoms. The molecule has 3 fully saturated rings. The molecule has 4 aromatic carbocycles. The van der Waals surface area contributed by atoms with Crippen LogP contribution in [0.25, 0.3) is 6.08 Å². The van der Waals surface area contributed by atoms with Crippen LogP contribution in [-0.2, 0) is 24.6 Å². The van der Waals surface area contributed by atoms with Crippen molar-refractivity contribution in [3.05, 3.63) is 131 Å². The third-order valence-electron chi connectivity index (χ3n) is 11.6. The van der Waals surface area contributed by atoms with Crippen LogP contribution in [0.3, 0.4) is 0 Å². The van der Waals surface area contributed by atoms with Crippen molar-refractivity contribution in [1.82, 2.24) is 5.01 Å². The zero-order chi connectivity index (χ0) is 37.2. The average Bonchev–Trinajstić information content (AvgIpc) is 3.56. The van der Waals surface area contributed by atoms with Crippen LogP contribution in [0.4, 0.5) is 11.4 Å². The van der Waals surface area contributed by atoms with Crippen molar-refractivity contribution in [2.24, 2.45) is 23.7 Å². The number of phenolic OH excluding ortho intramolecular Hbond substituents is 1. The zero-order valence-electron chi connectivity index (χ0n) is 29.6. The first kappa shape index (κ1) is 34.0. The number of imide groups is 2. The van der Waals surface area contributed by atoms with Gasteiger partial charge in [-0.3, -0.25) is 29.5 Å². The number of anilines is 2. The Hall–Kier alpha value is -6.16. The van der Waals surface area contributed by atoms with Gasteiger partial charge < -0.3 is 14.6 Å². The molecule has 1 saturated carbocycles. The molecule has 8 rings (SSSR count). The fraction of sp³-hybridized carbons (Fsp3) is 0.256. The summed E-state index contributed by atoms with van der Waals surface area (Å²) in [5, 5.41) is 13.0. The van der Waals surface area contributed by atoms with E-state index in [2.05, 4.69) is 12.0 Å². The Balaban J connectivity index is 1.34. The van der Waals surface area contributed by atoms with E-state index in [1.165, 1.54) is 25.2 Å². The Morgan fingerprint density at radius 1 is 0.868 bits per heavy atom. The number of amides is 4. The van der Waals surface area contributed by atoms with Crippen molar-refractivity contribution in [1.29, 1.82) is 0 Å². The number of nitrogens with zero attached hydrogens (tertiary/aromatic N) is 2. The highest BCUT2D eigenvalue weighted by Crippen LogP contribution is 2.66. The largest absolute Gasteiger partial charge is 0.507 e. The maximum atomic E-state index is 15.4. The number of hydrogen-bond donors (Lipinski definition) is 2. The van der Waals surface area contributed by atoms with E-state index >= 15 is 4.79 Å². The number of methoxy groups -OCH3 is 2. The Morgan fingerprint density at radius 2 is 1.58 bits per heavy atom. The molecule has 4 amide bonds. The number of ether oxygens (including phenoxy) is 2. The summed E-state index contributed by atoms with van der Waals surface area (Å²) >= 11 is 0. The van der Waals surface area contributed by atoms with Gasteiger partial charge in [0.15, 0.2) is 0 Å². The van der Waals surface area contributed by atoms with E-state index in [0.29, 0.717) is 33.8 Å². The van der Waals surface area contributed by atoms with Crippen LogP contribution in [0.2, 0.25) is 0 Å². The second-order valence-corrected chi connectivity index (χ2v) is 14.2. The number of carbonyl (C=O) groups is 4. The van der Waals surface area contributed by atoms with E-state index in [1.807, 2.05) is 55.5 Å². The third kappa shape index (κ3) is 4.99. The Labute approximate surface area is 307 Å². The van der Waals surface area contributed by atoms with Gasteiger partial charge in [-0.05, 0) is 61.1 Å². The van der Waals surface area contributed by atoms with Crippen molar-refractivity contribution in [2.45, 2.75) is 31.1 Å². The lowest BCUT2D eigenvalue weighted by molar-refractivity contribution is -0.138. The number of nitrogens with one attached hydrogen (secondary N) is 1. The van der Waals surface area contributed by atoms with Crippen molar-refractivity contribution in [2.75, 3.05) is 24.5 Å². The number of phenols is 1. The van der Waals surface area contributed by atoms with Gasteiger partial charge in [-0.1, -0.05) is 84.5 Å². The molecular formula is C43H39N3O7. The average molecular weight is 710 g/mol. The van der Waals surface area contributed by atoms with Gasteiger partial charge in [0.2, 0.25) is 11.8 Å². The summed E-state index contributed by atoms with van der Waals surface area (Å²) in [4.78, 5) is 60.3. The van der Waals surface area contributed by atoms with E-state index < -0.39 is 46.8 Å². The van der Waals surface area contributed by atoms with Gasteiger partial charge in [-0.25, -0.2) is 0 Å². The molecule has 0 aromatic heterocycles. The summed E-state index contributed by atoms with van der Waals surface area (Å²) < 4.78 is 11.4. The highest BCUT2D eigenvalue weighted by atomic mass is 16.5. The molecule has 6 atom stereocenters. The molecule has 10 nitrogen and oxygen atoms in total. The summed E-state index contributed by atoms with van der Waals surface area (Å²) in [6.07, 6.45) is 4.00. The van der Waals surface area contributed by atoms with E-state index in [4.69, 9.17) is 9.47 Å². The lowest BCUT2D eigenvalue weighted by Crippen LogP contribution is -2.53. The summed E-state index contributed by atoms with van der Waals surface area (Å²) in [5.74, 6) is -5.26. The van der Waals surface area contributed by atoms with Gasteiger partial charge in [0.05, 0.1) is 48.8 Å². The third-order valence-corrected chi connectivity index (χ3v) is 11.6.